The van der Waals surface area contributed by atoms with Gasteiger partial charge in [0.15, 0.2) is 0 Å². The Morgan fingerprint density at radius 1 is 1.20 bits per heavy atom. The van der Waals surface area contributed by atoms with Gasteiger partial charge in [0.05, 0.1) is 17.7 Å². The minimum atomic E-state index is -0.705. The Kier molecular flexibility index (Phi) is 6.66. The Hall–Kier alpha value is -2.60. The van der Waals surface area contributed by atoms with Gasteiger partial charge in [0, 0.05) is 22.1 Å². The SMILES string of the molecule is CCCN1C(=O)C(=O)/C(=C(\O)c2ccc(Br)c(C)c2)C1c1ccccc1OC(C)C. The quantitative estimate of drug-likeness (QED) is 0.349. The molecule has 2 aromatic carbocycles. The summed E-state index contributed by atoms with van der Waals surface area (Å²) in [6, 6.07) is 12.0. The molecule has 0 saturated carbocycles. The summed E-state index contributed by atoms with van der Waals surface area (Å²) < 4.78 is 6.86. The van der Waals surface area contributed by atoms with Crippen molar-refractivity contribution in [3.63, 3.8) is 0 Å². The first-order valence-electron chi connectivity index (χ1n) is 10.1. The highest BCUT2D eigenvalue weighted by Crippen LogP contribution is 2.43. The molecule has 1 amide bonds. The molecule has 1 atom stereocenters. The number of benzene rings is 2. The Morgan fingerprint density at radius 2 is 1.90 bits per heavy atom. The average Bonchev–Trinajstić information content (AvgIpc) is 2.95. The topological polar surface area (TPSA) is 66.8 Å². The summed E-state index contributed by atoms with van der Waals surface area (Å²) in [5.74, 6) is -0.854. The van der Waals surface area contributed by atoms with Gasteiger partial charge >= 0.3 is 0 Å². The molecule has 0 radical (unpaired) electrons. The molecule has 1 saturated heterocycles. The van der Waals surface area contributed by atoms with Crippen molar-refractivity contribution in [2.24, 2.45) is 0 Å². The minimum Gasteiger partial charge on any atom is -0.507 e. The molecule has 0 aromatic heterocycles. The van der Waals surface area contributed by atoms with Crippen molar-refractivity contribution < 1.29 is 19.4 Å². The molecule has 5 nitrogen and oxygen atoms in total. The van der Waals surface area contributed by atoms with Crippen LogP contribution < -0.4 is 4.74 Å². The van der Waals surface area contributed by atoms with Crippen molar-refractivity contribution in [3.05, 3.63) is 69.2 Å². The lowest BCUT2D eigenvalue weighted by atomic mass is 9.94. The number of aliphatic hydroxyl groups excluding tert-OH is 1. The van der Waals surface area contributed by atoms with Crippen LogP contribution in [0.4, 0.5) is 0 Å². The molecular weight excluding hydrogens is 446 g/mol. The zero-order valence-corrected chi connectivity index (χ0v) is 19.2. The summed E-state index contributed by atoms with van der Waals surface area (Å²) in [6.45, 7) is 8.10. The van der Waals surface area contributed by atoms with Gasteiger partial charge in [-0.25, -0.2) is 0 Å². The summed E-state index contributed by atoms with van der Waals surface area (Å²) in [6.07, 6.45) is 0.613. The van der Waals surface area contributed by atoms with Gasteiger partial charge in [-0.1, -0.05) is 47.1 Å². The van der Waals surface area contributed by atoms with E-state index in [0.717, 1.165) is 10.0 Å². The van der Waals surface area contributed by atoms with E-state index in [1.54, 1.807) is 12.1 Å². The van der Waals surface area contributed by atoms with E-state index >= 15 is 0 Å². The van der Waals surface area contributed by atoms with Crippen LogP contribution in [0.1, 0.15) is 49.9 Å². The van der Waals surface area contributed by atoms with Crippen molar-refractivity contribution in [1.82, 2.24) is 4.90 Å². The van der Waals surface area contributed by atoms with E-state index in [9.17, 15) is 14.7 Å². The van der Waals surface area contributed by atoms with E-state index in [1.165, 1.54) is 4.90 Å². The van der Waals surface area contributed by atoms with Gasteiger partial charge in [-0.3, -0.25) is 9.59 Å². The Labute approximate surface area is 185 Å². The lowest BCUT2D eigenvalue weighted by molar-refractivity contribution is -0.139. The summed E-state index contributed by atoms with van der Waals surface area (Å²) in [5, 5.41) is 11.1. The molecule has 1 heterocycles. The first-order chi connectivity index (χ1) is 14.3. The van der Waals surface area contributed by atoms with Crippen molar-refractivity contribution in [2.75, 3.05) is 6.54 Å². The lowest BCUT2D eigenvalue weighted by Gasteiger charge is -2.27. The monoisotopic (exact) mass is 471 g/mol. The summed E-state index contributed by atoms with van der Waals surface area (Å²) in [5.41, 5.74) is 2.20. The zero-order valence-electron chi connectivity index (χ0n) is 17.6. The van der Waals surface area contributed by atoms with Crippen LogP contribution in [0.5, 0.6) is 5.75 Å². The molecule has 30 heavy (non-hydrogen) atoms. The number of ether oxygens (including phenoxy) is 1. The molecule has 6 heteroatoms. The number of halogens is 1. The number of aryl methyl sites for hydroxylation is 1. The van der Waals surface area contributed by atoms with E-state index in [4.69, 9.17) is 4.74 Å². The third kappa shape index (κ3) is 4.15. The number of ketones is 1. The average molecular weight is 472 g/mol. The number of Topliss-reactive ketones (excluding diaryl/α,β-unsaturated/α-hetero) is 1. The Morgan fingerprint density at radius 3 is 2.53 bits per heavy atom. The fourth-order valence-corrected chi connectivity index (χ4v) is 3.94. The number of hydrogen-bond acceptors (Lipinski definition) is 4. The highest BCUT2D eigenvalue weighted by Gasteiger charge is 2.46. The summed E-state index contributed by atoms with van der Waals surface area (Å²) in [7, 11) is 0. The van der Waals surface area contributed by atoms with E-state index in [2.05, 4.69) is 15.9 Å². The van der Waals surface area contributed by atoms with Crippen LogP contribution in [0, 0.1) is 6.92 Å². The van der Waals surface area contributed by atoms with Gasteiger partial charge in [-0.2, -0.15) is 0 Å². The second kappa shape index (κ2) is 9.04. The first kappa shape index (κ1) is 22.1. The maximum Gasteiger partial charge on any atom is 0.295 e. The molecule has 0 bridgehead atoms. The number of aliphatic hydroxyl groups is 1. The maximum atomic E-state index is 13.0. The van der Waals surface area contributed by atoms with E-state index < -0.39 is 17.7 Å². The number of likely N-dealkylation sites (tertiary alicyclic amines) is 1. The first-order valence-corrected chi connectivity index (χ1v) is 10.9. The van der Waals surface area contributed by atoms with Gasteiger partial charge in [0.1, 0.15) is 11.5 Å². The molecule has 0 spiro atoms. The highest BCUT2D eigenvalue weighted by atomic mass is 79.9. The van der Waals surface area contributed by atoms with Crippen LogP contribution >= 0.6 is 15.9 Å². The third-order valence-electron chi connectivity index (χ3n) is 5.01. The van der Waals surface area contributed by atoms with E-state index in [-0.39, 0.29) is 17.4 Å². The third-order valence-corrected chi connectivity index (χ3v) is 5.90. The molecule has 1 N–H and O–H groups in total. The maximum absolute atomic E-state index is 13.0. The zero-order chi connectivity index (χ0) is 22.0. The summed E-state index contributed by atoms with van der Waals surface area (Å²) >= 11 is 3.45. The highest BCUT2D eigenvalue weighted by molar-refractivity contribution is 9.10. The molecule has 158 valence electrons. The molecule has 1 fully saturated rings. The number of rotatable bonds is 6. The molecule has 1 unspecified atom stereocenters. The van der Waals surface area contributed by atoms with Crippen molar-refractivity contribution in [2.45, 2.75) is 46.3 Å². The van der Waals surface area contributed by atoms with E-state index in [0.29, 0.717) is 29.8 Å². The molecule has 3 rings (SSSR count). The van der Waals surface area contributed by atoms with Crippen LogP contribution in [0.3, 0.4) is 0 Å². The smallest absolute Gasteiger partial charge is 0.295 e. The van der Waals surface area contributed by atoms with Crippen LogP contribution in [0.15, 0.2) is 52.5 Å². The van der Waals surface area contributed by atoms with Crippen molar-refractivity contribution in [3.8, 4) is 5.75 Å². The number of carbonyl (C=O) groups is 2. The fraction of sp³-hybridized carbons (Fsp3) is 0.333. The largest absolute Gasteiger partial charge is 0.507 e. The van der Waals surface area contributed by atoms with Gasteiger partial charge in [0.2, 0.25) is 0 Å². The fourth-order valence-electron chi connectivity index (χ4n) is 3.69. The lowest BCUT2D eigenvalue weighted by Crippen LogP contribution is -2.30. The van der Waals surface area contributed by atoms with Gasteiger partial charge in [-0.05, 0) is 51.0 Å². The predicted octanol–water partition coefficient (Wildman–Crippen LogP) is 5.38. The number of nitrogens with zero attached hydrogens (tertiary/aromatic N) is 1. The van der Waals surface area contributed by atoms with Crippen molar-refractivity contribution in [1.29, 1.82) is 0 Å². The standard InChI is InChI=1S/C24H26BrNO4/c1-5-12-26-21(17-8-6-7-9-19(17)30-14(2)3)20(23(28)24(26)29)22(27)16-10-11-18(25)15(4)13-16/h6-11,13-14,21,27H,5,12H2,1-4H3/b22-20-. The molecule has 2 aromatic rings. The van der Waals surface area contributed by atoms with Crippen LogP contribution in [0.25, 0.3) is 5.76 Å². The molecule has 0 aliphatic carbocycles. The van der Waals surface area contributed by atoms with Gasteiger partial charge in [0.25, 0.3) is 11.7 Å². The number of carbonyl (C=O) groups excluding carboxylic acids is 2. The molecule has 1 aliphatic heterocycles. The number of hydrogen-bond donors (Lipinski definition) is 1. The predicted molar refractivity (Wildman–Crippen MR) is 120 cm³/mol. The van der Waals surface area contributed by atoms with Gasteiger partial charge in [-0.15, -0.1) is 0 Å². The van der Waals surface area contributed by atoms with Gasteiger partial charge < -0.3 is 14.7 Å². The second-order valence-corrected chi connectivity index (χ2v) is 8.52. The van der Waals surface area contributed by atoms with Crippen LogP contribution in [-0.2, 0) is 9.59 Å². The molecular formula is C24H26BrNO4. The Bertz CT molecular complexity index is 1010. The van der Waals surface area contributed by atoms with Crippen LogP contribution in [0.2, 0.25) is 0 Å². The van der Waals surface area contributed by atoms with E-state index in [1.807, 2.05) is 58.0 Å². The summed E-state index contributed by atoms with van der Waals surface area (Å²) in [4.78, 5) is 27.4. The molecule has 1 aliphatic rings. The second-order valence-electron chi connectivity index (χ2n) is 7.66. The van der Waals surface area contributed by atoms with Crippen LogP contribution in [-0.4, -0.2) is 34.3 Å². The Balaban J connectivity index is 2.23. The number of para-hydroxylation sites is 1. The normalized spacial score (nSPS) is 18.3. The number of amides is 1. The minimum absolute atomic E-state index is 0.0752. The van der Waals surface area contributed by atoms with Crippen molar-refractivity contribution >= 4 is 33.4 Å².